The molecule has 2 amide bonds. The number of carbonyl (C=O) groups is 2. The van der Waals surface area contributed by atoms with Gasteiger partial charge in [-0.05, 0) is 47.6 Å². The van der Waals surface area contributed by atoms with Crippen LogP contribution in [0.2, 0.25) is 0 Å². The van der Waals surface area contributed by atoms with Crippen molar-refractivity contribution < 1.29 is 9.59 Å². The van der Waals surface area contributed by atoms with E-state index in [0.717, 1.165) is 12.0 Å². The largest absolute Gasteiger partial charge is 0.352 e. The Bertz CT molecular complexity index is 732. The van der Waals surface area contributed by atoms with E-state index in [2.05, 4.69) is 31.1 Å². The fraction of sp³-hybridized carbons (Fsp3) is 0.667. The molecule has 140 valence electrons. The Hall–Kier alpha value is -1.91. The first-order valence-corrected chi connectivity index (χ1v) is 9.71. The molecule has 2 bridgehead atoms. The first-order chi connectivity index (χ1) is 12.3. The summed E-state index contributed by atoms with van der Waals surface area (Å²) in [4.78, 5) is 31.4. The molecule has 1 aromatic rings. The minimum atomic E-state index is -0.345. The number of fused-ring (bicyclic) bond motifs is 2. The van der Waals surface area contributed by atoms with Crippen LogP contribution in [0.1, 0.15) is 58.1 Å². The lowest BCUT2D eigenvalue weighted by molar-refractivity contribution is -0.129. The molecule has 2 heterocycles. The highest BCUT2D eigenvalue weighted by atomic mass is 16.2. The molecule has 5 atom stereocenters. The topological polar surface area (TPSA) is 62.3 Å². The average molecular weight is 355 g/mol. The van der Waals surface area contributed by atoms with Gasteiger partial charge in [-0.3, -0.25) is 14.6 Å². The molecule has 1 saturated heterocycles. The maximum absolute atomic E-state index is 13.2. The van der Waals surface area contributed by atoms with Gasteiger partial charge >= 0.3 is 0 Å². The molecule has 2 aliphatic carbocycles. The van der Waals surface area contributed by atoms with Crippen LogP contribution in [0.15, 0.2) is 24.5 Å². The van der Waals surface area contributed by atoms with Crippen molar-refractivity contribution in [3.8, 4) is 0 Å². The van der Waals surface area contributed by atoms with E-state index >= 15 is 0 Å². The van der Waals surface area contributed by atoms with E-state index in [-0.39, 0.29) is 47.1 Å². The van der Waals surface area contributed by atoms with Crippen LogP contribution in [-0.2, 0) is 9.59 Å². The van der Waals surface area contributed by atoms with Crippen LogP contribution >= 0.6 is 0 Å². The molecule has 26 heavy (non-hydrogen) atoms. The predicted octanol–water partition coefficient (Wildman–Crippen LogP) is 2.93. The molecule has 4 rings (SSSR count). The number of nitrogens with zero attached hydrogens (tertiary/aromatic N) is 2. The molecule has 1 aromatic heterocycles. The lowest BCUT2D eigenvalue weighted by Crippen LogP contribution is -2.49. The third-order valence-corrected chi connectivity index (χ3v) is 8.06. The summed E-state index contributed by atoms with van der Waals surface area (Å²) in [6, 6.07) is 3.80. The van der Waals surface area contributed by atoms with Crippen LogP contribution in [0.25, 0.3) is 0 Å². The van der Waals surface area contributed by atoms with Crippen LogP contribution in [-0.4, -0.2) is 34.8 Å². The molecular weight excluding hydrogens is 326 g/mol. The highest BCUT2D eigenvalue weighted by Gasteiger charge is 2.62. The monoisotopic (exact) mass is 355 g/mol. The number of rotatable bonds is 3. The molecule has 0 spiro atoms. The zero-order valence-electron chi connectivity index (χ0n) is 16.2. The van der Waals surface area contributed by atoms with Crippen molar-refractivity contribution in [3.05, 3.63) is 30.1 Å². The van der Waals surface area contributed by atoms with Crippen molar-refractivity contribution in [1.29, 1.82) is 0 Å². The number of hydrogen-bond donors (Lipinski definition) is 1. The average Bonchev–Trinajstić information content (AvgIpc) is 3.10. The van der Waals surface area contributed by atoms with Gasteiger partial charge in [0.25, 0.3) is 0 Å². The summed E-state index contributed by atoms with van der Waals surface area (Å²) < 4.78 is 0. The summed E-state index contributed by atoms with van der Waals surface area (Å²) in [5.74, 6) is 0.381. The van der Waals surface area contributed by atoms with Crippen molar-refractivity contribution in [2.75, 3.05) is 7.05 Å². The summed E-state index contributed by atoms with van der Waals surface area (Å²) in [7, 11) is 1.79. The van der Waals surface area contributed by atoms with Crippen LogP contribution in [0.5, 0.6) is 0 Å². The molecular formula is C21H29N3O2. The van der Waals surface area contributed by atoms with E-state index in [1.54, 1.807) is 24.3 Å². The maximum Gasteiger partial charge on any atom is 0.226 e. The second-order valence-corrected chi connectivity index (χ2v) is 9.22. The standard InChI is InChI=1S/C21H29N3O2/c1-20(2)14-7-8-21(20,3)16(10-14)23-19(26)15-11-17(25)24(4)18(15)13-6-5-9-22-12-13/h5-6,9,12,14-16,18H,7-8,10-11H2,1-4H3,(H,23,26)/t14-,15-,16-,18+,21+/m1/s1. The van der Waals surface area contributed by atoms with E-state index in [0.29, 0.717) is 5.92 Å². The fourth-order valence-electron chi connectivity index (χ4n) is 5.81. The minimum Gasteiger partial charge on any atom is -0.352 e. The summed E-state index contributed by atoms with van der Waals surface area (Å²) >= 11 is 0. The van der Waals surface area contributed by atoms with Gasteiger partial charge in [-0.2, -0.15) is 0 Å². The highest BCUT2D eigenvalue weighted by Crippen LogP contribution is 2.65. The summed E-state index contributed by atoms with van der Waals surface area (Å²) in [5.41, 5.74) is 1.34. The predicted molar refractivity (Wildman–Crippen MR) is 99.0 cm³/mol. The molecule has 1 aliphatic heterocycles. The Labute approximate surface area is 155 Å². The second-order valence-electron chi connectivity index (χ2n) is 9.22. The van der Waals surface area contributed by atoms with Gasteiger partial charge in [0.2, 0.25) is 11.8 Å². The van der Waals surface area contributed by atoms with Gasteiger partial charge in [-0.1, -0.05) is 26.8 Å². The lowest BCUT2D eigenvalue weighted by atomic mass is 9.69. The van der Waals surface area contributed by atoms with Crippen molar-refractivity contribution >= 4 is 11.8 Å². The lowest BCUT2D eigenvalue weighted by Gasteiger charge is -2.40. The zero-order valence-corrected chi connectivity index (χ0v) is 16.2. The Kier molecular flexibility index (Phi) is 3.90. The van der Waals surface area contributed by atoms with Gasteiger partial charge in [0.1, 0.15) is 0 Å². The highest BCUT2D eigenvalue weighted by molar-refractivity contribution is 5.90. The third-order valence-electron chi connectivity index (χ3n) is 8.06. The van der Waals surface area contributed by atoms with E-state index in [4.69, 9.17) is 0 Å². The SMILES string of the molecule is CN1C(=O)C[C@@H](C(=O)N[C@@H]2C[C@H]3CC[C@]2(C)C3(C)C)[C@@H]1c1cccnc1. The molecule has 1 N–H and O–H groups in total. The van der Waals surface area contributed by atoms with Crippen LogP contribution < -0.4 is 5.32 Å². The quantitative estimate of drug-likeness (QED) is 0.907. The normalized spacial score (nSPS) is 38.0. The first kappa shape index (κ1) is 17.5. The summed E-state index contributed by atoms with van der Waals surface area (Å²) in [6.45, 7) is 7.03. The van der Waals surface area contributed by atoms with E-state index < -0.39 is 0 Å². The molecule has 5 nitrogen and oxygen atoms in total. The van der Waals surface area contributed by atoms with E-state index in [1.165, 1.54) is 12.8 Å². The van der Waals surface area contributed by atoms with Gasteiger partial charge in [0.15, 0.2) is 0 Å². The van der Waals surface area contributed by atoms with Gasteiger partial charge in [0.05, 0.1) is 12.0 Å². The van der Waals surface area contributed by atoms with E-state index in [1.807, 2.05) is 12.1 Å². The number of amides is 2. The molecule has 0 radical (unpaired) electrons. The molecule has 5 heteroatoms. The Balaban J connectivity index is 1.55. The molecule has 0 unspecified atom stereocenters. The molecule has 3 aliphatic rings. The maximum atomic E-state index is 13.2. The smallest absolute Gasteiger partial charge is 0.226 e. The number of aromatic nitrogens is 1. The molecule has 3 fully saturated rings. The zero-order chi connectivity index (χ0) is 18.7. The molecule has 0 aromatic carbocycles. The summed E-state index contributed by atoms with van der Waals surface area (Å²) in [6.07, 6.45) is 7.25. The number of nitrogens with one attached hydrogen (secondary N) is 1. The van der Waals surface area contributed by atoms with Crippen LogP contribution in [0, 0.1) is 22.7 Å². The van der Waals surface area contributed by atoms with Crippen molar-refractivity contribution in [2.45, 2.75) is 58.5 Å². The van der Waals surface area contributed by atoms with Gasteiger partial charge in [-0.25, -0.2) is 0 Å². The minimum absolute atomic E-state index is 0.0196. The Morgan fingerprint density at radius 1 is 1.35 bits per heavy atom. The fourth-order valence-corrected chi connectivity index (χ4v) is 5.81. The first-order valence-electron chi connectivity index (χ1n) is 9.71. The number of carbonyl (C=O) groups excluding carboxylic acids is 2. The van der Waals surface area contributed by atoms with E-state index in [9.17, 15) is 9.59 Å². The van der Waals surface area contributed by atoms with Crippen molar-refractivity contribution in [3.63, 3.8) is 0 Å². The second kappa shape index (κ2) is 5.80. The number of likely N-dealkylation sites (tertiary alicyclic amines) is 1. The van der Waals surface area contributed by atoms with Gasteiger partial charge in [-0.15, -0.1) is 0 Å². The third kappa shape index (κ3) is 2.32. The molecule has 2 saturated carbocycles. The van der Waals surface area contributed by atoms with Crippen molar-refractivity contribution in [2.24, 2.45) is 22.7 Å². The summed E-state index contributed by atoms with van der Waals surface area (Å²) in [5, 5.41) is 3.35. The number of hydrogen-bond acceptors (Lipinski definition) is 3. The number of pyridine rings is 1. The Morgan fingerprint density at radius 2 is 2.12 bits per heavy atom. The van der Waals surface area contributed by atoms with Crippen LogP contribution in [0.4, 0.5) is 0 Å². The van der Waals surface area contributed by atoms with Crippen molar-refractivity contribution in [1.82, 2.24) is 15.2 Å². The Morgan fingerprint density at radius 3 is 2.69 bits per heavy atom. The van der Waals surface area contributed by atoms with Gasteiger partial charge < -0.3 is 10.2 Å². The van der Waals surface area contributed by atoms with Crippen LogP contribution in [0.3, 0.4) is 0 Å². The van der Waals surface area contributed by atoms with Gasteiger partial charge in [0, 0.05) is 31.9 Å².